The minimum absolute atomic E-state index is 0.0788. The molecule has 0 unspecified atom stereocenters. The Balaban J connectivity index is 2.09. The minimum atomic E-state index is -0.625. The van der Waals surface area contributed by atoms with Crippen molar-refractivity contribution in [3.63, 3.8) is 0 Å². The van der Waals surface area contributed by atoms with Crippen LogP contribution < -0.4 is 10.5 Å². The molecule has 24 heavy (non-hydrogen) atoms. The predicted octanol–water partition coefficient (Wildman–Crippen LogP) is 4.63. The van der Waals surface area contributed by atoms with Crippen LogP contribution in [0.25, 0.3) is 10.9 Å². The number of amidine groups is 1. The normalized spacial score (nSPS) is 11.0. The van der Waals surface area contributed by atoms with Gasteiger partial charge in [0.1, 0.15) is 17.4 Å². The molecule has 0 amide bonds. The van der Waals surface area contributed by atoms with Crippen LogP contribution in [0.4, 0.5) is 8.78 Å². The summed E-state index contributed by atoms with van der Waals surface area (Å²) < 4.78 is 33.8. The molecule has 0 bridgehead atoms. The maximum Gasteiger partial charge on any atom is 0.177 e. The monoisotopic (exact) mass is 347 g/mol. The van der Waals surface area contributed by atoms with Crippen LogP contribution in [0.3, 0.4) is 0 Å². The number of nitrogens with one attached hydrogen (secondary N) is 2. The topological polar surface area (TPSA) is 74.9 Å². The van der Waals surface area contributed by atoms with Crippen molar-refractivity contribution in [3.05, 3.63) is 53.7 Å². The van der Waals surface area contributed by atoms with E-state index in [4.69, 9.17) is 15.9 Å². The number of halogens is 2. The van der Waals surface area contributed by atoms with Gasteiger partial charge >= 0.3 is 0 Å². The van der Waals surface area contributed by atoms with E-state index < -0.39 is 17.5 Å². The number of benzene rings is 2. The summed E-state index contributed by atoms with van der Waals surface area (Å²) in [6.45, 7) is 1.96. The molecular formula is C17H15F2N3OS. The lowest BCUT2D eigenvalue weighted by atomic mass is 10.2. The number of thioether (sulfide) groups is 1. The van der Waals surface area contributed by atoms with Gasteiger partial charge in [-0.2, -0.15) is 0 Å². The average molecular weight is 347 g/mol. The van der Waals surface area contributed by atoms with E-state index in [2.05, 4.69) is 4.98 Å². The first-order valence-electron chi connectivity index (χ1n) is 7.25. The van der Waals surface area contributed by atoms with Gasteiger partial charge in [0, 0.05) is 23.2 Å². The fourth-order valence-electron chi connectivity index (χ4n) is 2.40. The molecule has 0 aliphatic carbocycles. The Hall–Kier alpha value is -2.54. The van der Waals surface area contributed by atoms with E-state index in [9.17, 15) is 8.78 Å². The molecule has 7 heteroatoms. The average Bonchev–Trinajstić information content (AvgIpc) is 3.00. The summed E-state index contributed by atoms with van der Waals surface area (Å²) in [5.41, 5.74) is 5.95. The SMILES string of the molecule is CCSc1c(Oc2ccc(F)c(C(=N)N)c2)c(F)cc2[nH]ccc12. The molecule has 0 aliphatic rings. The first-order chi connectivity index (χ1) is 11.5. The minimum Gasteiger partial charge on any atom is -0.453 e. The quantitative estimate of drug-likeness (QED) is 0.358. The molecule has 1 heterocycles. The number of nitrogens with two attached hydrogens (primary N) is 1. The molecule has 124 valence electrons. The molecule has 0 fully saturated rings. The Morgan fingerprint density at radius 3 is 2.75 bits per heavy atom. The molecule has 3 aromatic rings. The molecule has 1 aromatic heterocycles. The van der Waals surface area contributed by atoms with Gasteiger partial charge in [-0.15, -0.1) is 11.8 Å². The van der Waals surface area contributed by atoms with Crippen LogP contribution >= 0.6 is 11.8 Å². The Labute approximate surface area is 141 Å². The third-order valence-corrected chi connectivity index (χ3v) is 4.44. The summed E-state index contributed by atoms with van der Waals surface area (Å²) in [6, 6.07) is 7.03. The van der Waals surface area contributed by atoms with Crippen molar-refractivity contribution in [2.75, 3.05) is 5.75 Å². The fraction of sp³-hybridized carbons (Fsp3) is 0.118. The largest absolute Gasteiger partial charge is 0.453 e. The van der Waals surface area contributed by atoms with Crippen LogP contribution in [0.2, 0.25) is 0 Å². The lowest BCUT2D eigenvalue weighted by molar-refractivity contribution is 0.431. The molecule has 3 rings (SSSR count). The maximum atomic E-state index is 14.5. The van der Waals surface area contributed by atoms with E-state index in [1.165, 1.54) is 30.0 Å². The second-order valence-electron chi connectivity index (χ2n) is 5.05. The van der Waals surface area contributed by atoms with Crippen LogP contribution in [-0.2, 0) is 0 Å². The van der Waals surface area contributed by atoms with Gasteiger partial charge in [0.15, 0.2) is 11.6 Å². The molecule has 0 radical (unpaired) electrons. The lowest BCUT2D eigenvalue weighted by Gasteiger charge is -2.13. The van der Waals surface area contributed by atoms with Crippen molar-refractivity contribution in [1.82, 2.24) is 4.98 Å². The van der Waals surface area contributed by atoms with Gasteiger partial charge in [0.25, 0.3) is 0 Å². The number of ether oxygens (including phenoxy) is 1. The highest BCUT2D eigenvalue weighted by molar-refractivity contribution is 7.99. The summed E-state index contributed by atoms with van der Waals surface area (Å²) in [5, 5.41) is 8.24. The number of aromatic amines is 1. The van der Waals surface area contributed by atoms with Crippen molar-refractivity contribution in [2.24, 2.45) is 5.73 Å². The van der Waals surface area contributed by atoms with Gasteiger partial charge in [-0.3, -0.25) is 5.41 Å². The third kappa shape index (κ3) is 2.94. The molecule has 0 saturated heterocycles. The fourth-order valence-corrected chi connectivity index (χ4v) is 3.29. The van der Waals surface area contributed by atoms with Crippen molar-refractivity contribution in [3.8, 4) is 11.5 Å². The zero-order valence-corrected chi connectivity index (χ0v) is 13.6. The first-order valence-corrected chi connectivity index (χ1v) is 8.24. The highest BCUT2D eigenvalue weighted by Gasteiger charge is 2.18. The molecule has 0 saturated carbocycles. The number of hydrogen-bond donors (Lipinski definition) is 3. The van der Waals surface area contributed by atoms with E-state index in [0.717, 1.165) is 17.2 Å². The number of fused-ring (bicyclic) bond motifs is 1. The van der Waals surface area contributed by atoms with Crippen molar-refractivity contribution < 1.29 is 13.5 Å². The smallest absolute Gasteiger partial charge is 0.177 e. The molecule has 0 aliphatic heterocycles. The summed E-state index contributed by atoms with van der Waals surface area (Å²) in [6.07, 6.45) is 1.74. The highest BCUT2D eigenvalue weighted by atomic mass is 32.2. The number of aromatic nitrogens is 1. The Morgan fingerprint density at radius 1 is 1.25 bits per heavy atom. The standard InChI is InChI=1S/C17H15F2N3OS/c1-2-24-16-10-5-6-22-14(10)8-13(19)15(16)23-9-3-4-12(18)11(7-9)17(20)21/h3-8,22H,2H2,1H3,(H3,20,21). The summed E-state index contributed by atoms with van der Waals surface area (Å²) in [5.74, 6) is -0.525. The molecule has 4 nitrogen and oxygen atoms in total. The third-order valence-electron chi connectivity index (χ3n) is 3.45. The second-order valence-corrected chi connectivity index (χ2v) is 6.32. The van der Waals surface area contributed by atoms with E-state index in [-0.39, 0.29) is 17.1 Å². The van der Waals surface area contributed by atoms with Crippen LogP contribution in [0, 0.1) is 17.0 Å². The zero-order chi connectivity index (χ0) is 17.3. The number of rotatable bonds is 5. The number of H-pyrrole nitrogens is 1. The van der Waals surface area contributed by atoms with E-state index >= 15 is 0 Å². The van der Waals surface area contributed by atoms with E-state index in [1.807, 2.05) is 13.0 Å². The molecule has 0 atom stereocenters. The van der Waals surface area contributed by atoms with Gasteiger partial charge in [-0.05, 0) is 30.0 Å². The summed E-state index contributed by atoms with van der Waals surface area (Å²) in [7, 11) is 0. The Bertz CT molecular complexity index is 924. The van der Waals surface area contributed by atoms with Crippen LogP contribution in [0.15, 0.2) is 41.4 Å². The second kappa shape index (κ2) is 6.52. The Kier molecular flexibility index (Phi) is 4.44. The molecule has 2 aromatic carbocycles. The first kappa shape index (κ1) is 16.3. The van der Waals surface area contributed by atoms with Gasteiger partial charge in [0.05, 0.1) is 10.5 Å². The van der Waals surface area contributed by atoms with Gasteiger partial charge < -0.3 is 15.5 Å². The van der Waals surface area contributed by atoms with Gasteiger partial charge in [-0.25, -0.2) is 8.78 Å². The highest BCUT2D eigenvalue weighted by Crippen LogP contribution is 2.40. The number of nitrogen functional groups attached to an aromatic ring is 1. The predicted molar refractivity (Wildman–Crippen MR) is 92.1 cm³/mol. The molecule has 0 spiro atoms. The van der Waals surface area contributed by atoms with Gasteiger partial charge in [0.2, 0.25) is 0 Å². The van der Waals surface area contributed by atoms with E-state index in [1.54, 1.807) is 6.20 Å². The van der Waals surface area contributed by atoms with Crippen LogP contribution in [0.1, 0.15) is 12.5 Å². The molecule has 4 N–H and O–H groups in total. The Morgan fingerprint density at radius 2 is 2.04 bits per heavy atom. The maximum absolute atomic E-state index is 14.5. The lowest BCUT2D eigenvalue weighted by Crippen LogP contribution is -2.13. The molecular weight excluding hydrogens is 332 g/mol. The zero-order valence-electron chi connectivity index (χ0n) is 12.8. The van der Waals surface area contributed by atoms with Crippen molar-refractivity contribution in [1.29, 1.82) is 5.41 Å². The summed E-state index contributed by atoms with van der Waals surface area (Å²) in [4.78, 5) is 3.65. The van der Waals surface area contributed by atoms with Gasteiger partial charge in [-0.1, -0.05) is 6.92 Å². The van der Waals surface area contributed by atoms with Crippen LogP contribution in [0.5, 0.6) is 11.5 Å². The summed E-state index contributed by atoms with van der Waals surface area (Å²) >= 11 is 1.46. The van der Waals surface area contributed by atoms with Crippen molar-refractivity contribution >= 4 is 28.5 Å². The van der Waals surface area contributed by atoms with E-state index in [0.29, 0.717) is 10.4 Å². The number of hydrogen-bond acceptors (Lipinski definition) is 3. The van der Waals surface area contributed by atoms with Crippen molar-refractivity contribution in [2.45, 2.75) is 11.8 Å². The van der Waals surface area contributed by atoms with Crippen LogP contribution in [-0.4, -0.2) is 16.6 Å².